The highest BCUT2D eigenvalue weighted by molar-refractivity contribution is 9.10. The summed E-state index contributed by atoms with van der Waals surface area (Å²) in [6.45, 7) is 0.744. The number of aromatic nitrogens is 3. The summed E-state index contributed by atoms with van der Waals surface area (Å²) < 4.78 is 14.0. The lowest BCUT2D eigenvalue weighted by atomic mass is 10.2. The Hall–Kier alpha value is -1.51. The van der Waals surface area contributed by atoms with E-state index in [1.165, 1.54) is 0 Å². The van der Waals surface area contributed by atoms with Gasteiger partial charge in [0.1, 0.15) is 11.9 Å². The van der Waals surface area contributed by atoms with E-state index < -0.39 is 0 Å². The Kier molecular flexibility index (Phi) is 4.70. The van der Waals surface area contributed by atoms with Crippen molar-refractivity contribution >= 4 is 34.4 Å². The SMILES string of the molecule is COc1ccc(Br)cc1/C=N\n1c(C2CCCO2)n[nH]c1=S. The Bertz CT molecular complexity index is 750. The van der Waals surface area contributed by atoms with Crippen LogP contribution in [0.5, 0.6) is 5.75 Å². The third-order valence-electron chi connectivity index (χ3n) is 3.40. The van der Waals surface area contributed by atoms with Crippen LogP contribution in [0.1, 0.15) is 30.3 Å². The van der Waals surface area contributed by atoms with Crippen LogP contribution in [-0.4, -0.2) is 34.8 Å². The molecule has 8 heteroatoms. The minimum absolute atomic E-state index is 0.0606. The van der Waals surface area contributed by atoms with Crippen LogP contribution in [-0.2, 0) is 4.74 Å². The molecule has 2 heterocycles. The van der Waals surface area contributed by atoms with Crippen LogP contribution in [0.15, 0.2) is 27.8 Å². The van der Waals surface area contributed by atoms with Gasteiger partial charge in [-0.05, 0) is 43.3 Å². The van der Waals surface area contributed by atoms with Gasteiger partial charge < -0.3 is 9.47 Å². The molecular weight excluding hydrogens is 368 g/mol. The van der Waals surface area contributed by atoms with Crippen LogP contribution >= 0.6 is 28.1 Å². The maximum atomic E-state index is 5.65. The van der Waals surface area contributed by atoms with E-state index in [-0.39, 0.29) is 6.10 Å². The van der Waals surface area contributed by atoms with E-state index in [2.05, 4.69) is 31.2 Å². The number of nitrogens with zero attached hydrogens (tertiary/aromatic N) is 3. The highest BCUT2D eigenvalue weighted by Gasteiger charge is 2.23. The van der Waals surface area contributed by atoms with E-state index in [1.54, 1.807) is 18.0 Å². The first-order valence-electron chi connectivity index (χ1n) is 6.86. The molecular formula is C14H15BrN4O2S. The van der Waals surface area contributed by atoms with E-state index in [1.807, 2.05) is 18.2 Å². The first kappa shape index (κ1) is 15.4. The third-order valence-corrected chi connectivity index (χ3v) is 4.15. The molecule has 1 aliphatic rings. The van der Waals surface area contributed by atoms with Gasteiger partial charge in [0.05, 0.1) is 13.3 Å². The molecule has 0 bridgehead atoms. The standard InChI is InChI=1S/C14H15BrN4O2S/c1-20-11-5-4-10(15)7-9(11)8-16-19-13(17-18-14(19)22)12-3-2-6-21-12/h4-5,7-8,12H,2-3,6H2,1H3,(H,18,22)/b16-8-. The molecule has 0 amide bonds. The summed E-state index contributed by atoms with van der Waals surface area (Å²) in [5, 5.41) is 11.5. The molecule has 1 aliphatic heterocycles. The van der Waals surface area contributed by atoms with Gasteiger partial charge in [0.25, 0.3) is 0 Å². The predicted octanol–water partition coefficient (Wildman–Crippen LogP) is 3.45. The van der Waals surface area contributed by atoms with Gasteiger partial charge in [-0.1, -0.05) is 15.9 Å². The van der Waals surface area contributed by atoms with Gasteiger partial charge in [0, 0.05) is 16.6 Å². The number of hydrogen-bond acceptors (Lipinski definition) is 5. The Labute approximate surface area is 141 Å². The van der Waals surface area contributed by atoms with Crippen molar-refractivity contribution in [3.63, 3.8) is 0 Å². The number of ether oxygens (including phenoxy) is 2. The topological polar surface area (TPSA) is 64.4 Å². The molecule has 1 saturated heterocycles. The predicted molar refractivity (Wildman–Crippen MR) is 89.0 cm³/mol. The highest BCUT2D eigenvalue weighted by Crippen LogP contribution is 2.27. The molecule has 1 atom stereocenters. The highest BCUT2D eigenvalue weighted by atomic mass is 79.9. The van der Waals surface area contributed by atoms with E-state index >= 15 is 0 Å². The Morgan fingerprint density at radius 2 is 2.45 bits per heavy atom. The summed E-state index contributed by atoms with van der Waals surface area (Å²) in [6, 6.07) is 5.72. The number of aromatic amines is 1. The summed E-state index contributed by atoms with van der Waals surface area (Å²) in [7, 11) is 1.63. The normalized spacial score (nSPS) is 18.2. The lowest BCUT2D eigenvalue weighted by Crippen LogP contribution is -2.05. The maximum Gasteiger partial charge on any atom is 0.216 e. The number of nitrogens with one attached hydrogen (secondary N) is 1. The Morgan fingerprint density at radius 3 is 3.18 bits per heavy atom. The zero-order valence-corrected chi connectivity index (χ0v) is 14.4. The molecule has 22 heavy (non-hydrogen) atoms. The monoisotopic (exact) mass is 382 g/mol. The summed E-state index contributed by atoms with van der Waals surface area (Å²) >= 11 is 8.69. The molecule has 0 spiro atoms. The molecule has 1 fully saturated rings. The minimum atomic E-state index is -0.0606. The zero-order chi connectivity index (χ0) is 15.5. The molecule has 1 N–H and O–H groups in total. The molecule has 3 rings (SSSR count). The molecule has 0 saturated carbocycles. The summed E-state index contributed by atoms with van der Waals surface area (Å²) in [5.41, 5.74) is 0.846. The summed E-state index contributed by atoms with van der Waals surface area (Å²) in [6.07, 6.45) is 3.59. The van der Waals surface area contributed by atoms with Crippen molar-refractivity contribution < 1.29 is 9.47 Å². The maximum absolute atomic E-state index is 5.65. The Balaban J connectivity index is 1.94. The molecule has 0 radical (unpaired) electrons. The van der Waals surface area contributed by atoms with E-state index in [0.717, 1.165) is 35.2 Å². The van der Waals surface area contributed by atoms with Gasteiger partial charge in [-0.2, -0.15) is 14.9 Å². The average Bonchev–Trinajstić information content (AvgIpc) is 3.15. The number of H-pyrrole nitrogens is 1. The molecule has 1 aromatic carbocycles. The van der Waals surface area contributed by atoms with Crippen LogP contribution in [0.4, 0.5) is 0 Å². The molecule has 1 unspecified atom stereocenters. The smallest absolute Gasteiger partial charge is 0.216 e. The molecule has 1 aromatic heterocycles. The van der Waals surface area contributed by atoms with Crippen LogP contribution < -0.4 is 4.74 Å². The zero-order valence-electron chi connectivity index (χ0n) is 12.0. The van der Waals surface area contributed by atoms with Crippen molar-refractivity contribution in [2.24, 2.45) is 5.10 Å². The summed E-state index contributed by atoms with van der Waals surface area (Å²) in [4.78, 5) is 0. The largest absolute Gasteiger partial charge is 0.496 e. The van der Waals surface area contributed by atoms with Crippen molar-refractivity contribution in [1.82, 2.24) is 14.9 Å². The second kappa shape index (κ2) is 6.72. The second-order valence-electron chi connectivity index (χ2n) is 4.83. The second-order valence-corrected chi connectivity index (χ2v) is 6.13. The summed E-state index contributed by atoms with van der Waals surface area (Å²) in [5.74, 6) is 1.44. The number of hydrogen-bond donors (Lipinski definition) is 1. The van der Waals surface area contributed by atoms with Gasteiger partial charge in [-0.25, -0.2) is 0 Å². The fraction of sp³-hybridized carbons (Fsp3) is 0.357. The van der Waals surface area contributed by atoms with Crippen LogP contribution in [0.3, 0.4) is 0 Å². The lowest BCUT2D eigenvalue weighted by molar-refractivity contribution is 0.102. The minimum Gasteiger partial charge on any atom is -0.496 e. The first-order valence-corrected chi connectivity index (χ1v) is 8.06. The van der Waals surface area contributed by atoms with Crippen LogP contribution in [0.2, 0.25) is 0 Å². The number of benzene rings is 1. The van der Waals surface area contributed by atoms with Gasteiger partial charge in [-0.3, -0.25) is 5.10 Å². The van der Waals surface area contributed by atoms with Gasteiger partial charge in [-0.15, -0.1) is 0 Å². The van der Waals surface area contributed by atoms with Crippen LogP contribution in [0.25, 0.3) is 0 Å². The van der Waals surface area contributed by atoms with Crippen molar-refractivity contribution in [2.45, 2.75) is 18.9 Å². The fourth-order valence-corrected chi connectivity index (χ4v) is 2.90. The van der Waals surface area contributed by atoms with E-state index in [4.69, 9.17) is 21.7 Å². The van der Waals surface area contributed by atoms with Crippen molar-refractivity contribution in [1.29, 1.82) is 0 Å². The lowest BCUT2D eigenvalue weighted by Gasteiger charge is -2.08. The Morgan fingerprint density at radius 1 is 1.59 bits per heavy atom. The van der Waals surface area contributed by atoms with Gasteiger partial charge in [0.15, 0.2) is 5.82 Å². The van der Waals surface area contributed by atoms with Crippen molar-refractivity contribution in [2.75, 3.05) is 13.7 Å². The fourth-order valence-electron chi connectivity index (χ4n) is 2.33. The average molecular weight is 383 g/mol. The molecule has 0 aliphatic carbocycles. The first-order chi connectivity index (χ1) is 10.7. The number of halogens is 1. The molecule has 116 valence electrons. The van der Waals surface area contributed by atoms with Gasteiger partial charge in [0.2, 0.25) is 4.77 Å². The van der Waals surface area contributed by atoms with Gasteiger partial charge >= 0.3 is 0 Å². The number of rotatable bonds is 4. The quantitative estimate of drug-likeness (QED) is 0.649. The molecule has 6 nitrogen and oxygen atoms in total. The number of methoxy groups -OCH3 is 1. The third kappa shape index (κ3) is 3.13. The molecule has 2 aromatic rings. The van der Waals surface area contributed by atoms with Crippen molar-refractivity contribution in [3.8, 4) is 5.75 Å². The van der Waals surface area contributed by atoms with E-state index in [0.29, 0.717) is 10.6 Å². The van der Waals surface area contributed by atoms with Crippen molar-refractivity contribution in [3.05, 3.63) is 38.8 Å². The van der Waals surface area contributed by atoms with Crippen LogP contribution in [0, 0.1) is 4.77 Å². The van der Waals surface area contributed by atoms with E-state index in [9.17, 15) is 0 Å².